The van der Waals surface area contributed by atoms with Gasteiger partial charge in [0.1, 0.15) is 30.4 Å². The summed E-state index contributed by atoms with van der Waals surface area (Å²) in [4.78, 5) is 25.5. The van der Waals surface area contributed by atoms with Crippen molar-refractivity contribution in [2.45, 2.75) is 48.5 Å². The van der Waals surface area contributed by atoms with Crippen LogP contribution < -0.4 is 10.2 Å². The van der Waals surface area contributed by atoms with Crippen molar-refractivity contribution in [3.05, 3.63) is 127 Å². The van der Waals surface area contributed by atoms with Crippen molar-refractivity contribution in [2.24, 2.45) is 0 Å². The molecule has 0 aliphatic rings. The molecule has 0 fully saturated rings. The Balaban J connectivity index is 0.000000216. The second kappa shape index (κ2) is 29.4. The molecule has 0 saturated heterocycles. The molecule has 0 bridgehead atoms. The number of halogens is 2. The maximum Gasteiger partial charge on any atom is 2.00 e. The van der Waals surface area contributed by atoms with E-state index in [2.05, 4.69) is 88.2 Å². The standard InChI is InChI=1S/C12H10N4.2C12H9N4.2C4H10S.2ClH.2Pt/c3*1-8-6-11(16-15-8)12-9-4-2-3-5-10(9)13-7-14-12;2*1-3-5-4-2;;;;/h2-7H,1H3,(H,15,16);2*2-7H,1H3;2*3-4H2,1-2H3;2*1H;;/q;2*-1;;;;;2*+2/p-2. The fourth-order valence-electron chi connectivity index (χ4n) is 5.58. The Hall–Kier alpha value is -4.03. The smallest absolute Gasteiger partial charge is 2.00 e. The van der Waals surface area contributed by atoms with Gasteiger partial charge in [-0.05, 0) is 68.0 Å². The van der Waals surface area contributed by atoms with Crippen molar-refractivity contribution < 1.29 is 37.5 Å². The summed E-state index contributed by atoms with van der Waals surface area (Å²) >= 11 is 3.45. The fraction of sp³-hybridized carbons (Fsp3) is 0.250. The number of hydrogen-bond acceptors (Lipinski definition) is 11. The molecule has 6 heterocycles. The van der Waals surface area contributed by atoms with Gasteiger partial charge < -0.3 is 20.4 Å². The van der Waals surface area contributed by atoms with Gasteiger partial charge in [0.05, 0.1) is 27.9 Å². The Morgan fingerprint density at radius 2 is 0.887 bits per heavy atom. The van der Waals surface area contributed by atoms with E-state index in [1.165, 1.54) is 23.0 Å². The van der Waals surface area contributed by atoms with E-state index in [9.17, 15) is 0 Å². The maximum absolute atomic E-state index is 4.88. The Morgan fingerprint density at radius 3 is 1.19 bits per heavy atom. The zero-order valence-electron chi connectivity index (χ0n) is 35.3. The third kappa shape index (κ3) is 16.3. The van der Waals surface area contributed by atoms with Crippen LogP contribution in [-0.2, 0) is 37.5 Å². The topological polar surface area (TPSA) is 160 Å². The third-order valence-corrected chi connectivity index (χ3v) is 9.83. The van der Waals surface area contributed by atoms with Gasteiger partial charge in [-0.2, -0.15) is 28.6 Å². The summed E-state index contributed by atoms with van der Waals surface area (Å²) in [5, 5.41) is 26.3. The summed E-state index contributed by atoms with van der Waals surface area (Å²) in [7, 11) is 9.75. The number of H-pyrrole nitrogens is 1. The van der Waals surface area contributed by atoms with Gasteiger partial charge in [-0.3, -0.25) is 5.10 Å². The molecule has 9 aromatic rings. The first-order valence-electron chi connectivity index (χ1n) is 19.3. The van der Waals surface area contributed by atoms with E-state index in [1.807, 2.05) is 135 Å². The molecule has 0 unspecified atom stereocenters. The molecule has 0 saturated carbocycles. The molecule has 3 aromatic carbocycles. The quantitative estimate of drug-likeness (QED) is 0.161. The van der Waals surface area contributed by atoms with E-state index in [0.29, 0.717) is 0 Å². The van der Waals surface area contributed by atoms with Gasteiger partial charge in [0.25, 0.3) is 0 Å². The van der Waals surface area contributed by atoms with E-state index < -0.39 is 16.5 Å². The van der Waals surface area contributed by atoms with E-state index in [0.717, 1.165) is 84.0 Å². The largest absolute Gasteiger partial charge is 2.00 e. The summed E-state index contributed by atoms with van der Waals surface area (Å²) < 4.78 is 0. The van der Waals surface area contributed by atoms with Crippen molar-refractivity contribution >= 4 is 75.1 Å². The minimum absolute atomic E-state index is 0. The number of rotatable bonds is 7. The Kier molecular flexibility index (Phi) is 24.8. The van der Waals surface area contributed by atoms with Crippen LogP contribution in [0.4, 0.5) is 0 Å². The van der Waals surface area contributed by atoms with Crippen LogP contribution in [0.1, 0.15) is 44.8 Å². The second-order valence-corrected chi connectivity index (χ2v) is 18.9. The number of benzene rings is 3. The normalized spacial score (nSPS) is 10.1. The molecule has 18 heteroatoms. The summed E-state index contributed by atoms with van der Waals surface area (Å²) in [6, 6.07) is 29.5. The fourth-order valence-corrected chi connectivity index (χ4v) is 6.40. The third-order valence-electron chi connectivity index (χ3n) is 8.20. The number of aromatic nitrogens is 12. The van der Waals surface area contributed by atoms with Crippen LogP contribution in [0.25, 0.3) is 66.9 Å². The average Bonchev–Trinajstić information content (AvgIpc) is 4.06. The number of aryl methyl sites for hydroxylation is 3. The van der Waals surface area contributed by atoms with Crippen molar-refractivity contribution in [2.75, 3.05) is 23.0 Å². The minimum Gasteiger partial charge on any atom is 2.00 e. The van der Waals surface area contributed by atoms with Crippen LogP contribution in [0.3, 0.4) is 0 Å². The van der Waals surface area contributed by atoms with E-state index in [4.69, 9.17) is 18.8 Å². The monoisotopic (exact) mass is 1270 g/mol. The molecular weight excluding hydrogens is 1220 g/mol. The minimum atomic E-state index is -0.472. The number of nitrogens with zero attached hydrogens (tertiary/aromatic N) is 11. The van der Waals surface area contributed by atoms with Gasteiger partial charge in [-0.25, -0.2) is 29.9 Å². The number of para-hydroxylation sites is 3. The molecular formula is C44H48Cl2N12Pt2S2. The molecule has 0 amide bonds. The van der Waals surface area contributed by atoms with Gasteiger partial charge in [-0.1, -0.05) is 106 Å². The number of thioether (sulfide) groups is 2. The van der Waals surface area contributed by atoms with E-state index >= 15 is 0 Å². The molecule has 0 aliphatic carbocycles. The molecule has 0 aliphatic heterocycles. The van der Waals surface area contributed by atoms with Crippen molar-refractivity contribution in [3.63, 3.8) is 0 Å². The van der Waals surface area contributed by atoms with Gasteiger partial charge >= 0.3 is 56.4 Å². The Morgan fingerprint density at radius 1 is 0.532 bits per heavy atom. The van der Waals surface area contributed by atoms with Gasteiger partial charge in [-0.15, -0.1) is 0 Å². The number of hydrogen-bond donors (Lipinski definition) is 1. The first-order chi connectivity index (χ1) is 29.8. The first kappa shape index (κ1) is 52.3. The van der Waals surface area contributed by atoms with Gasteiger partial charge in [0.15, 0.2) is 0 Å². The Labute approximate surface area is 402 Å². The number of aromatic amines is 1. The summed E-state index contributed by atoms with van der Waals surface area (Å²) in [6.07, 6.45) is 4.69. The molecule has 6 aromatic heterocycles. The van der Waals surface area contributed by atoms with Crippen LogP contribution in [0.5, 0.6) is 0 Å². The van der Waals surface area contributed by atoms with Crippen LogP contribution in [0, 0.1) is 20.8 Å². The predicted octanol–water partition coefficient (Wildman–Crippen LogP) is 11.1. The Bertz CT molecular complexity index is 2340. The molecule has 9 rings (SSSR count). The van der Waals surface area contributed by atoms with Crippen molar-refractivity contribution in [1.82, 2.24) is 60.5 Å². The summed E-state index contributed by atoms with van der Waals surface area (Å²) in [5.74, 6) is 5.04. The second-order valence-electron chi connectivity index (χ2n) is 12.5. The number of fused-ring (bicyclic) bond motifs is 3. The molecule has 330 valence electrons. The molecule has 1 N–H and O–H groups in total. The summed E-state index contributed by atoms with van der Waals surface area (Å²) in [6.45, 7) is 14.5. The molecule has 0 spiro atoms. The number of nitrogens with one attached hydrogen (secondary N) is 1. The van der Waals surface area contributed by atoms with Crippen molar-refractivity contribution in [1.29, 1.82) is 0 Å². The van der Waals surface area contributed by atoms with Crippen LogP contribution in [-0.4, -0.2) is 73.3 Å². The maximum atomic E-state index is 4.88. The predicted molar refractivity (Wildman–Crippen MR) is 253 cm³/mol. The SMILES string of the molecule is CCSCC.CCSCC.Cc1cc(-c2ncnc3ccccc23)[n-]n1.Cc1cc(-c2ncnc3ccccc23)[n-]n1.Cc1cc(-c2ncnc3ccccc23)n[nH]1.[Cl][Pt][Cl].[Pt+2]. The van der Waals surface area contributed by atoms with Crippen molar-refractivity contribution in [3.8, 4) is 34.2 Å². The zero-order valence-corrected chi connectivity index (χ0v) is 43.0. The van der Waals surface area contributed by atoms with Crippen LogP contribution in [0.15, 0.2) is 110 Å². The molecule has 62 heavy (non-hydrogen) atoms. The van der Waals surface area contributed by atoms with Gasteiger partial charge in [0, 0.05) is 33.2 Å². The zero-order chi connectivity index (χ0) is 43.8. The van der Waals surface area contributed by atoms with E-state index in [-0.39, 0.29) is 21.1 Å². The van der Waals surface area contributed by atoms with Crippen LogP contribution in [0.2, 0.25) is 0 Å². The molecule has 0 atom stereocenters. The van der Waals surface area contributed by atoms with E-state index in [1.54, 1.807) is 19.0 Å². The molecule has 12 nitrogen and oxygen atoms in total. The summed E-state index contributed by atoms with van der Waals surface area (Å²) in [5.41, 5.74) is 10.6. The van der Waals surface area contributed by atoms with Crippen LogP contribution >= 0.6 is 42.4 Å². The molecule has 0 radical (unpaired) electrons. The average molecular weight is 1270 g/mol. The van der Waals surface area contributed by atoms with Gasteiger partial charge in [0.2, 0.25) is 0 Å². The first-order valence-corrected chi connectivity index (χ1v) is 27.3.